The molecule has 2 N–H and O–H groups in total. The smallest absolute Gasteiger partial charge is 0.225 e. The predicted molar refractivity (Wildman–Crippen MR) is 141 cm³/mol. The molecule has 0 radical (unpaired) electrons. The summed E-state index contributed by atoms with van der Waals surface area (Å²) in [6, 6.07) is 0.981. The van der Waals surface area contributed by atoms with Crippen LogP contribution in [-0.4, -0.2) is 45.9 Å². The molecule has 3 aliphatic rings. The Balaban J connectivity index is 1.01. The fourth-order valence-corrected chi connectivity index (χ4v) is 7.64. The second-order valence-electron chi connectivity index (χ2n) is 10.5. The van der Waals surface area contributed by atoms with Crippen LogP contribution in [0.5, 0.6) is 0 Å². The average Bonchev–Trinajstić information content (AvgIpc) is 3.43. The van der Waals surface area contributed by atoms with Crippen LogP contribution in [0.3, 0.4) is 0 Å². The minimum absolute atomic E-state index is 0.150. The number of fused-ring (bicyclic) bond motifs is 1. The number of hydrogen-bond donors (Lipinski definition) is 2. The van der Waals surface area contributed by atoms with E-state index >= 15 is 0 Å². The summed E-state index contributed by atoms with van der Waals surface area (Å²) in [5, 5.41) is 9.17. The van der Waals surface area contributed by atoms with Gasteiger partial charge in [0.15, 0.2) is 5.13 Å². The lowest BCUT2D eigenvalue weighted by molar-refractivity contribution is -0.121. The highest BCUT2D eigenvalue weighted by Crippen LogP contribution is 2.32. The fraction of sp³-hybridized carbons (Fsp3) is 0.731. The zero-order valence-corrected chi connectivity index (χ0v) is 22.1. The van der Waals surface area contributed by atoms with Crippen molar-refractivity contribution in [1.82, 2.24) is 20.2 Å². The summed E-state index contributed by atoms with van der Waals surface area (Å²) in [6.45, 7) is 5.34. The Bertz CT molecular complexity index is 943. The van der Waals surface area contributed by atoms with Crippen molar-refractivity contribution in [2.75, 3.05) is 18.4 Å². The number of aromatic nitrogens is 2. The first kappa shape index (κ1) is 24.2. The normalized spacial score (nSPS) is 24.0. The third kappa shape index (κ3) is 6.58. The molecule has 0 aromatic carbocycles. The van der Waals surface area contributed by atoms with Crippen LogP contribution in [-0.2, 0) is 24.2 Å². The van der Waals surface area contributed by atoms with Crippen molar-refractivity contribution in [3.05, 3.63) is 26.7 Å². The van der Waals surface area contributed by atoms with Gasteiger partial charge in [0.2, 0.25) is 5.91 Å². The Morgan fingerprint density at radius 1 is 1.09 bits per heavy atom. The quantitative estimate of drug-likeness (QED) is 0.512. The number of aryl methyl sites for hydroxylation is 1. The van der Waals surface area contributed by atoms with E-state index in [-0.39, 0.29) is 5.91 Å². The van der Waals surface area contributed by atoms with Gasteiger partial charge >= 0.3 is 0 Å². The fourth-order valence-electron chi connectivity index (χ4n) is 5.81. The molecule has 34 heavy (non-hydrogen) atoms. The van der Waals surface area contributed by atoms with Crippen molar-refractivity contribution >= 4 is 33.7 Å². The zero-order chi connectivity index (χ0) is 23.3. The molecule has 0 unspecified atom stereocenters. The van der Waals surface area contributed by atoms with Crippen molar-refractivity contribution in [2.45, 2.75) is 103 Å². The Morgan fingerprint density at radius 2 is 1.91 bits per heavy atom. The molecule has 2 aromatic heterocycles. The molecule has 2 aromatic rings. The number of amides is 1. The van der Waals surface area contributed by atoms with E-state index in [1.807, 2.05) is 24.5 Å². The van der Waals surface area contributed by atoms with Gasteiger partial charge in [0.25, 0.3) is 0 Å². The first-order valence-electron chi connectivity index (χ1n) is 13.3. The molecule has 1 aliphatic heterocycles. The number of carbonyl (C=O) groups excluding carboxylic acids is 1. The summed E-state index contributed by atoms with van der Waals surface area (Å²) in [5.74, 6) is 0.939. The molecule has 8 heteroatoms. The Morgan fingerprint density at radius 3 is 2.68 bits per heavy atom. The van der Waals surface area contributed by atoms with Crippen LogP contribution in [0.15, 0.2) is 6.20 Å². The third-order valence-electron chi connectivity index (χ3n) is 7.81. The summed E-state index contributed by atoms with van der Waals surface area (Å²) in [7, 11) is 0. The molecule has 2 aliphatic carbocycles. The minimum Gasteiger partial charge on any atom is -0.359 e. The molecule has 2 fully saturated rings. The molecular formula is C26H39N5OS2. The van der Waals surface area contributed by atoms with E-state index in [1.165, 1.54) is 75.0 Å². The van der Waals surface area contributed by atoms with Crippen LogP contribution in [0.2, 0.25) is 0 Å². The highest BCUT2D eigenvalue weighted by atomic mass is 32.1. The number of nitrogens with zero attached hydrogens (tertiary/aromatic N) is 3. The maximum absolute atomic E-state index is 12.4. The van der Waals surface area contributed by atoms with Gasteiger partial charge in [0.1, 0.15) is 0 Å². The zero-order valence-electron chi connectivity index (χ0n) is 20.5. The van der Waals surface area contributed by atoms with Crippen LogP contribution >= 0.6 is 22.7 Å². The van der Waals surface area contributed by atoms with Crippen LogP contribution < -0.4 is 10.6 Å². The van der Waals surface area contributed by atoms with E-state index in [4.69, 9.17) is 4.98 Å². The number of rotatable bonds is 8. The molecule has 0 bridgehead atoms. The monoisotopic (exact) mass is 501 g/mol. The number of nitrogens with one attached hydrogen (secondary N) is 2. The average molecular weight is 502 g/mol. The lowest BCUT2D eigenvalue weighted by Gasteiger charge is -2.32. The highest BCUT2D eigenvalue weighted by Gasteiger charge is 2.25. The Hall–Kier alpha value is -1.51. The van der Waals surface area contributed by atoms with Crippen molar-refractivity contribution in [2.24, 2.45) is 5.92 Å². The molecule has 0 spiro atoms. The number of anilines is 1. The van der Waals surface area contributed by atoms with Gasteiger partial charge in [-0.15, -0.1) is 22.7 Å². The van der Waals surface area contributed by atoms with E-state index in [2.05, 4.69) is 20.5 Å². The van der Waals surface area contributed by atoms with E-state index in [0.29, 0.717) is 18.5 Å². The standard InChI is InChI=1S/C26H39N5OS2/c1-18-27-16-22(33-18)15-25(32)28-21-9-7-19(8-10-21)11-13-31-14-12-24-23(17-31)30-26(34-24)29-20-5-3-2-4-6-20/h16,19-21H,2-15,17H2,1H3,(H,28,32)(H,29,30). The van der Waals surface area contributed by atoms with Gasteiger partial charge in [-0.05, 0) is 70.8 Å². The molecule has 186 valence electrons. The summed E-state index contributed by atoms with van der Waals surface area (Å²) in [5.41, 5.74) is 1.32. The first-order valence-corrected chi connectivity index (χ1v) is 14.9. The van der Waals surface area contributed by atoms with Gasteiger partial charge < -0.3 is 10.6 Å². The Kier molecular flexibility index (Phi) is 8.17. The maximum Gasteiger partial charge on any atom is 0.225 e. The number of thiazole rings is 2. The van der Waals surface area contributed by atoms with Gasteiger partial charge in [-0.25, -0.2) is 9.97 Å². The van der Waals surface area contributed by atoms with Crippen LogP contribution in [0.1, 0.15) is 84.7 Å². The minimum atomic E-state index is 0.150. The van der Waals surface area contributed by atoms with Crippen molar-refractivity contribution in [3.8, 4) is 0 Å². The van der Waals surface area contributed by atoms with Gasteiger partial charge in [-0.1, -0.05) is 19.3 Å². The van der Waals surface area contributed by atoms with Gasteiger partial charge in [0.05, 0.1) is 17.1 Å². The topological polar surface area (TPSA) is 70.2 Å². The number of hydrogen-bond acceptors (Lipinski definition) is 7. The highest BCUT2D eigenvalue weighted by molar-refractivity contribution is 7.15. The largest absolute Gasteiger partial charge is 0.359 e. The van der Waals surface area contributed by atoms with Crippen LogP contribution in [0.25, 0.3) is 0 Å². The van der Waals surface area contributed by atoms with Gasteiger partial charge in [-0.3, -0.25) is 9.69 Å². The van der Waals surface area contributed by atoms with Gasteiger partial charge in [-0.2, -0.15) is 0 Å². The molecule has 5 rings (SSSR count). The van der Waals surface area contributed by atoms with Crippen LogP contribution in [0.4, 0.5) is 5.13 Å². The summed E-state index contributed by atoms with van der Waals surface area (Å²) < 4.78 is 0. The van der Waals surface area contributed by atoms with Crippen molar-refractivity contribution < 1.29 is 4.79 Å². The van der Waals surface area contributed by atoms with E-state index in [1.54, 1.807) is 11.3 Å². The number of carbonyl (C=O) groups is 1. The van der Waals surface area contributed by atoms with Crippen LogP contribution in [0, 0.1) is 12.8 Å². The second-order valence-corrected chi connectivity index (χ2v) is 12.9. The van der Waals surface area contributed by atoms with Crippen molar-refractivity contribution in [1.29, 1.82) is 0 Å². The van der Waals surface area contributed by atoms with E-state index < -0.39 is 0 Å². The summed E-state index contributed by atoms with van der Waals surface area (Å²) >= 11 is 3.52. The molecule has 0 saturated heterocycles. The molecule has 2 saturated carbocycles. The maximum atomic E-state index is 12.4. The first-order chi connectivity index (χ1) is 16.6. The molecular weight excluding hydrogens is 462 g/mol. The Labute approximate surface area is 212 Å². The molecule has 3 heterocycles. The second kappa shape index (κ2) is 11.5. The molecule has 6 nitrogen and oxygen atoms in total. The van der Waals surface area contributed by atoms with Gasteiger partial charge in [0, 0.05) is 41.1 Å². The van der Waals surface area contributed by atoms with E-state index in [0.717, 1.165) is 46.7 Å². The summed E-state index contributed by atoms with van der Waals surface area (Å²) in [6.07, 6.45) is 16.1. The lowest BCUT2D eigenvalue weighted by atomic mass is 9.84. The lowest BCUT2D eigenvalue weighted by Crippen LogP contribution is -2.39. The third-order valence-corrected chi connectivity index (χ3v) is 9.81. The van der Waals surface area contributed by atoms with E-state index in [9.17, 15) is 4.79 Å². The molecule has 1 amide bonds. The summed E-state index contributed by atoms with van der Waals surface area (Å²) in [4.78, 5) is 26.8. The predicted octanol–water partition coefficient (Wildman–Crippen LogP) is 5.32. The molecule has 0 atom stereocenters. The van der Waals surface area contributed by atoms with Crippen molar-refractivity contribution in [3.63, 3.8) is 0 Å². The SMILES string of the molecule is Cc1ncc(CC(=O)NC2CCC(CCN3CCc4sc(NC5CCCCC5)nc4C3)CC2)s1.